The summed E-state index contributed by atoms with van der Waals surface area (Å²) in [5.41, 5.74) is 5.26. The molecule has 0 unspecified atom stereocenters. The summed E-state index contributed by atoms with van der Waals surface area (Å²) in [7, 11) is 0. The Labute approximate surface area is 122 Å². The minimum atomic E-state index is 0.516. The second-order valence-electron chi connectivity index (χ2n) is 5.19. The molecule has 104 valence electrons. The normalized spacial score (nSPS) is 13.0. The van der Waals surface area contributed by atoms with Gasteiger partial charge in [0.05, 0.1) is 0 Å². The quantitative estimate of drug-likeness (QED) is 0.780. The van der Waals surface area contributed by atoms with E-state index >= 15 is 0 Å². The van der Waals surface area contributed by atoms with Gasteiger partial charge in [0.2, 0.25) is 5.82 Å². The zero-order chi connectivity index (χ0) is 14.2. The molecule has 0 aliphatic carbocycles. The van der Waals surface area contributed by atoms with Gasteiger partial charge >= 0.3 is 0 Å². The fourth-order valence-electron chi connectivity index (χ4n) is 2.53. The maximum absolute atomic E-state index is 5.38. The fourth-order valence-corrected chi connectivity index (χ4v) is 2.53. The SMILES string of the molecule is Cc1ccnc(-c2noc(-c3ccc4c(c3)NCC4)n2)c1. The topological polar surface area (TPSA) is 63.8 Å². The lowest BCUT2D eigenvalue weighted by Gasteiger charge is -2.00. The third-order valence-corrected chi connectivity index (χ3v) is 3.64. The number of fused-ring (bicyclic) bond motifs is 1. The molecule has 1 aromatic carbocycles. The number of hydrogen-bond donors (Lipinski definition) is 1. The van der Waals surface area contributed by atoms with E-state index in [1.807, 2.05) is 25.1 Å². The van der Waals surface area contributed by atoms with Gasteiger partial charge in [-0.2, -0.15) is 4.98 Å². The molecule has 5 nitrogen and oxygen atoms in total. The van der Waals surface area contributed by atoms with E-state index in [0.29, 0.717) is 11.7 Å². The number of hydrogen-bond acceptors (Lipinski definition) is 5. The highest BCUT2D eigenvalue weighted by molar-refractivity contribution is 5.67. The highest BCUT2D eigenvalue weighted by Crippen LogP contribution is 2.29. The van der Waals surface area contributed by atoms with Crippen LogP contribution in [0.5, 0.6) is 0 Å². The summed E-state index contributed by atoms with van der Waals surface area (Å²) >= 11 is 0. The standard InChI is InChI=1S/C16H14N4O/c1-10-4-6-18-14(8-10)15-19-16(21-20-15)12-3-2-11-5-7-17-13(11)9-12/h2-4,6,8-9,17H,5,7H2,1H3. The molecule has 0 radical (unpaired) electrons. The van der Waals surface area contributed by atoms with Crippen molar-refractivity contribution >= 4 is 5.69 Å². The van der Waals surface area contributed by atoms with Crippen molar-refractivity contribution in [2.45, 2.75) is 13.3 Å². The number of aromatic nitrogens is 3. The van der Waals surface area contributed by atoms with Gasteiger partial charge < -0.3 is 9.84 Å². The Bertz CT molecular complexity index is 810. The van der Waals surface area contributed by atoms with Crippen molar-refractivity contribution in [3.63, 3.8) is 0 Å². The van der Waals surface area contributed by atoms with Crippen LogP contribution in [0.3, 0.4) is 0 Å². The molecule has 4 rings (SSSR count). The number of benzene rings is 1. The Kier molecular flexibility index (Phi) is 2.70. The van der Waals surface area contributed by atoms with Crippen LogP contribution < -0.4 is 5.32 Å². The fraction of sp³-hybridized carbons (Fsp3) is 0.188. The average Bonchev–Trinajstić information content (AvgIpc) is 3.15. The van der Waals surface area contributed by atoms with Crippen molar-refractivity contribution in [2.24, 2.45) is 0 Å². The van der Waals surface area contributed by atoms with E-state index in [-0.39, 0.29) is 0 Å². The first-order chi connectivity index (χ1) is 10.3. The first kappa shape index (κ1) is 12.1. The molecule has 0 spiro atoms. The molecule has 3 heterocycles. The first-order valence-corrected chi connectivity index (χ1v) is 6.93. The molecule has 21 heavy (non-hydrogen) atoms. The number of anilines is 1. The van der Waals surface area contributed by atoms with Crippen molar-refractivity contribution in [3.8, 4) is 23.0 Å². The highest BCUT2D eigenvalue weighted by atomic mass is 16.5. The summed E-state index contributed by atoms with van der Waals surface area (Å²) in [6.45, 7) is 3.00. The van der Waals surface area contributed by atoms with E-state index in [1.165, 1.54) is 5.56 Å². The van der Waals surface area contributed by atoms with Crippen LogP contribution in [-0.4, -0.2) is 21.7 Å². The van der Waals surface area contributed by atoms with Crippen LogP contribution in [0.4, 0.5) is 5.69 Å². The lowest BCUT2D eigenvalue weighted by molar-refractivity contribution is 0.432. The lowest BCUT2D eigenvalue weighted by Crippen LogP contribution is -1.91. The monoisotopic (exact) mass is 278 g/mol. The maximum atomic E-state index is 5.38. The number of nitrogens with zero attached hydrogens (tertiary/aromatic N) is 3. The molecule has 0 bridgehead atoms. The second kappa shape index (κ2) is 4.70. The van der Waals surface area contributed by atoms with E-state index in [4.69, 9.17) is 4.52 Å². The van der Waals surface area contributed by atoms with Crippen molar-refractivity contribution in [3.05, 3.63) is 47.7 Å². The molecule has 2 aromatic heterocycles. The first-order valence-electron chi connectivity index (χ1n) is 6.93. The zero-order valence-electron chi connectivity index (χ0n) is 11.6. The zero-order valence-corrected chi connectivity index (χ0v) is 11.6. The molecule has 5 heteroatoms. The van der Waals surface area contributed by atoms with Crippen LogP contribution in [-0.2, 0) is 6.42 Å². The molecule has 0 fully saturated rings. The molecule has 0 atom stereocenters. The smallest absolute Gasteiger partial charge is 0.258 e. The molecular weight excluding hydrogens is 264 g/mol. The van der Waals surface area contributed by atoms with Crippen LogP contribution in [0.1, 0.15) is 11.1 Å². The Morgan fingerprint density at radius 3 is 3.05 bits per heavy atom. The molecule has 0 saturated heterocycles. The van der Waals surface area contributed by atoms with Crippen LogP contribution in [0, 0.1) is 6.92 Å². The predicted octanol–water partition coefficient (Wildman–Crippen LogP) is 3.08. The summed E-state index contributed by atoms with van der Waals surface area (Å²) in [4.78, 5) is 8.73. The molecule has 1 aliphatic heterocycles. The van der Waals surface area contributed by atoms with Gasteiger partial charge in [0, 0.05) is 24.0 Å². The van der Waals surface area contributed by atoms with Crippen LogP contribution in [0.25, 0.3) is 23.0 Å². The summed E-state index contributed by atoms with van der Waals surface area (Å²) in [5, 5.41) is 7.38. The molecular formula is C16H14N4O. The largest absolute Gasteiger partial charge is 0.384 e. The number of nitrogens with one attached hydrogen (secondary N) is 1. The van der Waals surface area contributed by atoms with Gasteiger partial charge in [-0.3, -0.25) is 4.98 Å². The molecule has 0 saturated carbocycles. The van der Waals surface area contributed by atoms with E-state index < -0.39 is 0 Å². The average molecular weight is 278 g/mol. The Balaban J connectivity index is 1.71. The molecule has 0 amide bonds. The predicted molar refractivity (Wildman–Crippen MR) is 79.9 cm³/mol. The highest BCUT2D eigenvalue weighted by Gasteiger charge is 2.15. The maximum Gasteiger partial charge on any atom is 0.258 e. The third-order valence-electron chi connectivity index (χ3n) is 3.64. The molecule has 1 aliphatic rings. The van der Waals surface area contributed by atoms with Gasteiger partial charge in [-0.1, -0.05) is 11.2 Å². The van der Waals surface area contributed by atoms with Crippen molar-refractivity contribution < 1.29 is 4.52 Å². The minimum absolute atomic E-state index is 0.516. The van der Waals surface area contributed by atoms with Crippen LogP contribution in [0.15, 0.2) is 41.1 Å². The van der Waals surface area contributed by atoms with E-state index in [9.17, 15) is 0 Å². The van der Waals surface area contributed by atoms with Gasteiger partial charge in [-0.05, 0) is 48.7 Å². The van der Waals surface area contributed by atoms with Gasteiger partial charge in [0.25, 0.3) is 5.89 Å². The van der Waals surface area contributed by atoms with Gasteiger partial charge in [0.15, 0.2) is 0 Å². The van der Waals surface area contributed by atoms with E-state index in [1.54, 1.807) is 6.20 Å². The summed E-state index contributed by atoms with van der Waals surface area (Å²) in [6, 6.07) is 10.1. The Morgan fingerprint density at radius 1 is 1.19 bits per heavy atom. The summed E-state index contributed by atoms with van der Waals surface area (Å²) < 4.78 is 5.38. The van der Waals surface area contributed by atoms with E-state index in [0.717, 1.165) is 35.5 Å². The van der Waals surface area contributed by atoms with Crippen LogP contribution >= 0.6 is 0 Å². The van der Waals surface area contributed by atoms with Gasteiger partial charge in [-0.15, -0.1) is 0 Å². The molecule has 1 N–H and O–H groups in total. The van der Waals surface area contributed by atoms with Crippen molar-refractivity contribution in [2.75, 3.05) is 11.9 Å². The number of pyridine rings is 1. The minimum Gasteiger partial charge on any atom is -0.384 e. The summed E-state index contributed by atoms with van der Waals surface area (Å²) in [5.74, 6) is 1.03. The third kappa shape index (κ3) is 2.16. The van der Waals surface area contributed by atoms with E-state index in [2.05, 4.69) is 32.6 Å². The number of rotatable bonds is 2. The summed E-state index contributed by atoms with van der Waals surface area (Å²) in [6.07, 6.45) is 2.82. The van der Waals surface area contributed by atoms with Crippen molar-refractivity contribution in [1.29, 1.82) is 0 Å². The Morgan fingerprint density at radius 2 is 2.14 bits per heavy atom. The van der Waals surface area contributed by atoms with Crippen LogP contribution in [0.2, 0.25) is 0 Å². The second-order valence-corrected chi connectivity index (χ2v) is 5.19. The molecule has 3 aromatic rings. The van der Waals surface area contributed by atoms with Gasteiger partial charge in [-0.25, -0.2) is 0 Å². The lowest BCUT2D eigenvalue weighted by atomic mass is 10.1. The number of aryl methyl sites for hydroxylation is 1. The Hall–Kier alpha value is -2.69. The van der Waals surface area contributed by atoms with Gasteiger partial charge in [0.1, 0.15) is 5.69 Å². The van der Waals surface area contributed by atoms with Crippen molar-refractivity contribution in [1.82, 2.24) is 15.1 Å².